The molecule has 0 fully saturated rings. The molecule has 7 heteroatoms. The lowest BCUT2D eigenvalue weighted by Gasteiger charge is -2.08. The van der Waals surface area contributed by atoms with Gasteiger partial charge in [-0.15, -0.1) is 0 Å². The Morgan fingerprint density at radius 2 is 2.04 bits per heavy atom. The molecule has 0 aliphatic heterocycles. The first-order valence-electron chi connectivity index (χ1n) is 7.94. The van der Waals surface area contributed by atoms with E-state index in [1.54, 1.807) is 11.8 Å². The van der Waals surface area contributed by atoms with E-state index in [-0.39, 0.29) is 12.3 Å². The summed E-state index contributed by atoms with van der Waals surface area (Å²) >= 11 is 1.80. The van der Waals surface area contributed by atoms with Gasteiger partial charge in [-0.3, -0.25) is 0 Å². The monoisotopic (exact) mass is 355 g/mol. The van der Waals surface area contributed by atoms with Crippen LogP contribution >= 0.6 is 11.8 Å². The molecular formula is C17H23F2N3OS. The summed E-state index contributed by atoms with van der Waals surface area (Å²) < 4.78 is 28.6. The maximum absolute atomic E-state index is 14.0. The van der Waals surface area contributed by atoms with E-state index in [2.05, 4.69) is 10.4 Å². The van der Waals surface area contributed by atoms with Crippen LogP contribution in [0.4, 0.5) is 8.78 Å². The quantitative estimate of drug-likeness (QED) is 0.679. The molecule has 2 aromatic rings. The molecule has 1 heterocycles. The Balaban J connectivity index is 1.99. The molecule has 0 bridgehead atoms. The first kappa shape index (κ1) is 18.9. The minimum Gasteiger partial charge on any atom is -0.396 e. The van der Waals surface area contributed by atoms with Crippen LogP contribution in [0, 0.1) is 25.5 Å². The number of thioether (sulfide) groups is 1. The van der Waals surface area contributed by atoms with Crippen molar-refractivity contribution in [3.8, 4) is 5.69 Å². The molecule has 0 amide bonds. The van der Waals surface area contributed by atoms with Gasteiger partial charge in [0.2, 0.25) is 0 Å². The topological polar surface area (TPSA) is 50.1 Å². The maximum Gasteiger partial charge on any atom is 0.151 e. The predicted octanol–water partition coefficient (Wildman–Crippen LogP) is 2.97. The molecule has 0 unspecified atom stereocenters. The van der Waals surface area contributed by atoms with Gasteiger partial charge in [0, 0.05) is 42.8 Å². The lowest BCUT2D eigenvalue weighted by Crippen LogP contribution is -2.17. The summed E-state index contributed by atoms with van der Waals surface area (Å²) in [7, 11) is 0. The van der Waals surface area contributed by atoms with Crippen molar-refractivity contribution < 1.29 is 13.9 Å². The number of nitrogens with zero attached hydrogens (tertiary/aromatic N) is 2. The van der Waals surface area contributed by atoms with Gasteiger partial charge in [0.25, 0.3) is 0 Å². The van der Waals surface area contributed by atoms with Crippen LogP contribution in [0.5, 0.6) is 0 Å². The molecule has 2 N–H and O–H groups in total. The molecule has 2 rings (SSSR count). The molecule has 24 heavy (non-hydrogen) atoms. The number of hydrogen-bond donors (Lipinski definition) is 2. The minimum absolute atomic E-state index is 0.234. The highest BCUT2D eigenvalue weighted by atomic mass is 32.2. The normalized spacial score (nSPS) is 11.2. The zero-order chi connectivity index (χ0) is 17.5. The van der Waals surface area contributed by atoms with Crippen molar-refractivity contribution in [3.05, 3.63) is 46.8 Å². The average molecular weight is 355 g/mol. The van der Waals surface area contributed by atoms with Gasteiger partial charge in [-0.2, -0.15) is 16.9 Å². The molecule has 0 saturated heterocycles. The van der Waals surface area contributed by atoms with E-state index < -0.39 is 11.6 Å². The van der Waals surface area contributed by atoms with Gasteiger partial charge in [-0.25, -0.2) is 13.5 Å². The number of aromatic nitrogens is 2. The fourth-order valence-electron chi connectivity index (χ4n) is 2.44. The number of aryl methyl sites for hydroxylation is 1. The average Bonchev–Trinajstić information content (AvgIpc) is 2.81. The summed E-state index contributed by atoms with van der Waals surface area (Å²) in [5, 5.41) is 16.5. The number of nitrogens with one attached hydrogen (secondary N) is 1. The fraction of sp³-hybridized carbons (Fsp3) is 0.471. The van der Waals surface area contributed by atoms with Crippen molar-refractivity contribution in [2.75, 3.05) is 24.7 Å². The maximum atomic E-state index is 14.0. The molecule has 1 aromatic heterocycles. The van der Waals surface area contributed by atoms with Crippen LogP contribution in [-0.2, 0) is 6.54 Å². The van der Waals surface area contributed by atoms with Crippen LogP contribution in [0.15, 0.2) is 18.2 Å². The van der Waals surface area contributed by atoms with Crippen LogP contribution in [0.25, 0.3) is 5.69 Å². The van der Waals surface area contributed by atoms with Gasteiger partial charge in [-0.05, 0) is 38.2 Å². The molecule has 0 radical (unpaired) electrons. The molecule has 0 aliphatic carbocycles. The van der Waals surface area contributed by atoms with Gasteiger partial charge in [-0.1, -0.05) is 0 Å². The number of hydrogen-bond acceptors (Lipinski definition) is 4. The van der Waals surface area contributed by atoms with Crippen molar-refractivity contribution in [2.24, 2.45) is 0 Å². The minimum atomic E-state index is -0.625. The molecule has 0 saturated carbocycles. The summed E-state index contributed by atoms with van der Waals surface area (Å²) in [6, 6.07) is 3.50. The lowest BCUT2D eigenvalue weighted by atomic mass is 10.2. The second-order valence-electron chi connectivity index (χ2n) is 5.52. The summed E-state index contributed by atoms with van der Waals surface area (Å²) in [6.07, 6.45) is 0.818. The van der Waals surface area contributed by atoms with Gasteiger partial charge in [0.15, 0.2) is 5.82 Å². The van der Waals surface area contributed by atoms with Crippen molar-refractivity contribution in [1.29, 1.82) is 0 Å². The van der Waals surface area contributed by atoms with E-state index in [1.807, 2.05) is 13.8 Å². The molecule has 0 spiro atoms. The Bertz CT molecular complexity index is 676. The van der Waals surface area contributed by atoms with E-state index in [4.69, 9.17) is 5.11 Å². The highest BCUT2D eigenvalue weighted by Gasteiger charge is 2.15. The Morgan fingerprint density at radius 1 is 1.25 bits per heavy atom. The van der Waals surface area contributed by atoms with Crippen LogP contribution in [0.1, 0.15) is 23.4 Å². The molecule has 4 nitrogen and oxygen atoms in total. The zero-order valence-electron chi connectivity index (χ0n) is 14.0. The smallest absolute Gasteiger partial charge is 0.151 e. The summed E-state index contributed by atoms with van der Waals surface area (Å²) in [6.45, 7) is 5.51. The van der Waals surface area contributed by atoms with Crippen LogP contribution in [0.2, 0.25) is 0 Å². The first-order chi connectivity index (χ1) is 11.5. The number of rotatable bonds is 9. The third kappa shape index (κ3) is 4.78. The first-order valence-corrected chi connectivity index (χ1v) is 9.10. The fourth-order valence-corrected chi connectivity index (χ4v) is 3.27. The molecular weight excluding hydrogens is 332 g/mol. The molecule has 0 aliphatic rings. The van der Waals surface area contributed by atoms with Crippen molar-refractivity contribution >= 4 is 11.8 Å². The van der Waals surface area contributed by atoms with Gasteiger partial charge >= 0.3 is 0 Å². The zero-order valence-corrected chi connectivity index (χ0v) is 14.8. The Morgan fingerprint density at radius 3 is 2.75 bits per heavy atom. The van der Waals surface area contributed by atoms with E-state index in [0.717, 1.165) is 47.5 Å². The Kier molecular flexibility index (Phi) is 7.20. The van der Waals surface area contributed by atoms with Gasteiger partial charge in [0.1, 0.15) is 11.5 Å². The number of halogens is 2. The molecule has 0 atom stereocenters. The standard InChI is InChI=1S/C17H23F2N3OS/c1-12-15(11-20-6-9-24-8-3-7-23)13(2)22(21-12)17-5-4-14(18)10-16(17)19/h4-5,10,20,23H,3,6-9,11H2,1-2H3. The van der Waals surface area contributed by atoms with Crippen molar-refractivity contribution in [3.63, 3.8) is 0 Å². The van der Waals surface area contributed by atoms with Crippen LogP contribution < -0.4 is 5.32 Å². The largest absolute Gasteiger partial charge is 0.396 e. The van der Waals surface area contributed by atoms with E-state index in [1.165, 1.54) is 16.8 Å². The van der Waals surface area contributed by atoms with Crippen molar-refractivity contribution in [1.82, 2.24) is 15.1 Å². The second-order valence-corrected chi connectivity index (χ2v) is 6.75. The molecule has 1 aromatic carbocycles. The van der Waals surface area contributed by atoms with E-state index in [0.29, 0.717) is 6.54 Å². The second kappa shape index (κ2) is 9.15. The highest BCUT2D eigenvalue weighted by molar-refractivity contribution is 7.99. The summed E-state index contributed by atoms with van der Waals surface area (Å²) in [5.74, 6) is 0.704. The van der Waals surface area contributed by atoms with E-state index in [9.17, 15) is 8.78 Å². The van der Waals surface area contributed by atoms with Gasteiger partial charge in [0.05, 0.1) is 5.69 Å². The van der Waals surface area contributed by atoms with Crippen LogP contribution in [0.3, 0.4) is 0 Å². The Hall–Kier alpha value is -1.44. The highest BCUT2D eigenvalue weighted by Crippen LogP contribution is 2.20. The number of benzene rings is 1. The predicted molar refractivity (Wildman–Crippen MR) is 93.7 cm³/mol. The SMILES string of the molecule is Cc1nn(-c2ccc(F)cc2F)c(C)c1CNCCSCCCO. The lowest BCUT2D eigenvalue weighted by molar-refractivity contribution is 0.296. The number of aliphatic hydroxyl groups is 1. The molecule has 132 valence electrons. The van der Waals surface area contributed by atoms with Gasteiger partial charge < -0.3 is 10.4 Å². The van der Waals surface area contributed by atoms with Crippen LogP contribution in [-0.4, -0.2) is 39.5 Å². The Labute approximate surface area is 145 Å². The summed E-state index contributed by atoms with van der Waals surface area (Å²) in [4.78, 5) is 0. The third-order valence-corrected chi connectivity index (χ3v) is 4.82. The summed E-state index contributed by atoms with van der Waals surface area (Å²) in [5.41, 5.74) is 2.96. The van der Waals surface area contributed by atoms with E-state index >= 15 is 0 Å². The number of aliphatic hydroxyl groups excluding tert-OH is 1. The third-order valence-electron chi connectivity index (χ3n) is 3.75. The van der Waals surface area contributed by atoms with Crippen molar-refractivity contribution in [2.45, 2.75) is 26.8 Å².